The summed E-state index contributed by atoms with van der Waals surface area (Å²) < 4.78 is 6.54. The van der Waals surface area contributed by atoms with Crippen molar-refractivity contribution < 1.29 is 9.53 Å². The zero-order valence-corrected chi connectivity index (χ0v) is 16.6. The van der Waals surface area contributed by atoms with Crippen LogP contribution in [0.1, 0.15) is 31.0 Å². The molecule has 0 aliphatic rings. The van der Waals surface area contributed by atoms with Crippen molar-refractivity contribution in [1.29, 1.82) is 0 Å². The van der Waals surface area contributed by atoms with E-state index < -0.39 is 0 Å². The topological polar surface area (TPSA) is 73.2 Å². The summed E-state index contributed by atoms with van der Waals surface area (Å²) in [4.78, 5) is 29.7. The van der Waals surface area contributed by atoms with Crippen LogP contribution < -0.4 is 15.6 Å². The molecular weight excluding hydrogens is 354 g/mol. The van der Waals surface area contributed by atoms with E-state index in [1.165, 1.54) is 10.9 Å². The number of ether oxygens (including phenoxy) is 1. The fourth-order valence-electron chi connectivity index (χ4n) is 3.27. The van der Waals surface area contributed by atoms with Gasteiger partial charge in [-0.1, -0.05) is 38.1 Å². The minimum atomic E-state index is -0.231. The zero-order chi connectivity index (χ0) is 20.3. The zero-order valence-electron chi connectivity index (χ0n) is 16.6. The van der Waals surface area contributed by atoms with E-state index in [0.29, 0.717) is 10.9 Å². The first-order valence-corrected chi connectivity index (χ1v) is 9.28. The normalized spacial score (nSPS) is 12.2. The van der Waals surface area contributed by atoms with E-state index in [-0.39, 0.29) is 30.0 Å². The van der Waals surface area contributed by atoms with Crippen molar-refractivity contribution in [2.24, 2.45) is 5.92 Å². The summed E-state index contributed by atoms with van der Waals surface area (Å²) in [5.74, 6) is 0.721. The highest BCUT2D eigenvalue weighted by atomic mass is 16.5. The van der Waals surface area contributed by atoms with Gasteiger partial charge in [0, 0.05) is 0 Å². The van der Waals surface area contributed by atoms with Gasteiger partial charge in [-0.25, -0.2) is 4.98 Å². The van der Waals surface area contributed by atoms with E-state index >= 15 is 0 Å². The van der Waals surface area contributed by atoms with Crippen LogP contribution >= 0.6 is 0 Å². The van der Waals surface area contributed by atoms with Crippen molar-refractivity contribution in [2.75, 3.05) is 7.11 Å². The van der Waals surface area contributed by atoms with Crippen LogP contribution in [0.15, 0.2) is 53.6 Å². The van der Waals surface area contributed by atoms with Gasteiger partial charge in [0.25, 0.3) is 5.56 Å². The standard InChI is InChI=1S/C22H25N3O3/c1-14(2)20(16-8-10-17(28-4)11-9-16)24-19(26)12-25-13-23-21-15(3)6-5-7-18(21)22(25)27/h5-11,13-14,20H,12H2,1-4H3,(H,24,26). The number of amides is 1. The summed E-state index contributed by atoms with van der Waals surface area (Å²) in [5.41, 5.74) is 2.38. The molecule has 3 aromatic rings. The highest BCUT2D eigenvalue weighted by Gasteiger charge is 2.19. The number of nitrogens with one attached hydrogen (secondary N) is 1. The number of rotatable bonds is 6. The summed E-state index contributed by atoms with van der Waals surface area (Å²) in [6, 6.07) is 12.9. The van der Waals surface area contributed by atoms with Crippen molar-refractivity contribution in [1.82, 2.24) is 14.9 Å². The van der Waals surface area contributed by atoms with Crippen LogP contribution in [0.2, 0.25) is 0 Å². The van der Waals surface area contributed by atoms with E-state index in [1.807, 2.05) is 57.2 Å². The van der Waals surface area contributed by atoms with Gasteiger partial charge in [0.2, 0.25) is 5.91 Å². The maximum atomic E-state index is 12.7. The van der Waals surface area contributed by atoms with Crippen LogP contribution in [0.4, 0.5) is 0 Å². The molecule has 0 saturated heterocycles. The largest absolute Gasteiger partial charge is 0.497 e. The summed E-state index contributed by atoms with van der Waals surface area (Å²) in [6.07, 6.45) is 1.44. The van der Waals surface area contributed by atoms with Crippen molar-refractivity contribution in [3.63, 3.8) is 0 Å². The Hall–Kier alpha value is -3.15. The summed E-state index contributed by atoms with van der Waals surface area (Å²) >= 11 is 0. The third-order valence-electron chi connectivity index (χ3n) is 4.83. The van der Waals surface area contributed by atoms with Crippen molar-refractivity contribution in [2.45, 2.75) is 33.4 Å². The van der Waals surface area contributed by atoms with Crippen LogP contribution in [0.25, 0.3) is 10.9 Å². The number of carbonyl (C=O) groups excluding carboxylic acids is 1. The fraction of sp³-hybridized carbons (Fsp3) is 0.318. The molecule has 1 aromatic heterocycles. The van der Waals surface area contributed by atoms with Gasteiger partial charge in [-0.05, 0) is 42.2 Å². The van der Waals surface area contributed by atoms with E-state index in [2.05, 4.69) is 10.3 Å². The van der Waals surface area contributed by atoms with Crippen LogP contribution in [-0.4, -0.2) is 22.6 Å². The van der Waals surface area contributed by atoms with Gasteiger partial charge < -0.3 is 10.1 Å². The average molecular weight is 379 g/mol. The lowest BCUT2D eigenvalue weighted by molar-refractivity contribution is -0.122. The number of benzene rings is 2. The molecular formula is C22H25N3O3. The molecule has 0 aliphatic carbocycles. The molecule has 1 amide bonds. The molecule has 146 valence electrons. The smallest absolute Gasteiger partial charge is 0.261 e. The highest BCUT2D eigenvalue weighted by Crippen LogP contribution is 2.24. The van der Waals surface area contributed by atoms with Gasteiger partial charge >= 0.3 is 0 Å². The van der Waals surface area contributed by atoms with Crippen LogP contribution in [0, 0.1) is 12.8 Å². The van der Waals surface area contributed by atoms with Crippen LogP contribution in [0.3, 0.4) is 0 Å². The van der Waals surface area contributed by atoms with Crippen molar-refractivity contribution >= 4 is 16.8 Å². The quantitative estimate of drug-likeness (QED) is 0.714. The number of nitrogens with zero attached hydrogens (tertiary/aromatic N) is 2. The summed E-state index contributed by atoms with van der Waals surface area (Å²) in [6.45, 7) is 5.92. The first-order valence-electron chi connectivity index (χ1n) is 9.28. The first kappa shape index (κ1) is 19.6. The molecule has 28 heavy (non-hydrogen) atoms. The van der Waals surface area contributed by atoms with Crippen LogP contribution in [0.5, 0.6) is 5.75 Å². The molecule has 0 aliphatic heterocycles. The number of aryl methyl sites for hydroxylation is 1. The highest BCUT2D eigenvalue weighted by molar-refractivity contribution is 5.81. The lowest BCUT2D eigenvalue weighted by atomic mass is 9.96. The Kier molecular flexibility index (Phi) is 5.78. The second-order valence-corrected chi connectivity index (χ2v) is 7.21. The van der Waals surface area contributed by atoms with Crippen molar-refractivity contribution in [3.05, 3.63) is 70.3 Å². The molecule has 6 heteroatoms. The molecule has 6 nitrogen and oxygen atoms in total. The molecule has 1 unspecified atom stereocenters. The third kappa shape index (κ3) is 4.06. The van der Waals surface area contributed by atoms with Gasteiger partial charge in [-0.3, -0.25) is 14.2 Å². The second-order valence-electron chi connectivity index (χ2n) is 7.21. The fourth-order valence-corrected chi connectivity index (χ4v) is 3.27. The Bertz CT molecular complexity index is 1040. The molecule has 0 saturated carbocycles. The summed E-state index contributed by atoms with van der Waals surface area (Å²) in [7, 11) is 1.62. The number of methoxy groups -OCH3 is 1. The lowest BCUT2D eigenvalue weighted by Gasteiger charge is -2.23. The first-order chi connectivity index (χ1) is 13.4. The molecule has 1 heterocycles. The van der Waals surface area contributed by atoms with Gasteiger partial charge in [0.1, 0.15) is 12.3 Å². The average Bonchev–Trinajstić information content (AvgIpc) is 2.69. The molecule has 2 aromatic carbocycles. The van der Waals surface area contributed by atoms with Crippen molar-refractivity contribution in [3.8, 4) is 5.75 Å². The Labute approximate surface area is 164 Å². The van der Waals surface area contributed by atoms with Gasteiger partial charge in [-0.15, -0.1) is 0 Å². The third-order valence-corrected chi connectivity index (χ3v) is 4.83. The van der Waals surface area contributed by atoms with Crippen LogP contribution in [-0.2, 0) is 11.3 Å². The summed E-state index contributed by atoms with van der Waals surface area (Å²) in [5, 5.41) is 3.56. The molecule has 0 spiro atoms. The molecule has 0 bridgehead atoms. The van der Waals surface area contributed by atoms with E-state index in [4.69, 9.17) is 4.74 Å². The number of hydrogen-bond donors (Lipinski definition) is 1. The number of para-hydroxylation sites is 1. The minimum absolute atomic E-state index is 0.0743. The molecule has 0 radical (unpaired) electrons. The van der Waals surface area contributed by atoms with Gasteiger partial charge in [0.05, 0.1) is 30.4 Å². The number of carbonyl (C=O) groups is 1. The maximum absolute atomic E-state index is 12.7. The van der Waals surface area contributed by atoms with E-state index in [0.717, 1.165) is 16.9 Å². The Balaban J connectivity index is 1.80. The Morgan fingerprint density at radius 1 is 1.18 bits per heavy atom. The van der Waals surface area contributed by atoms with E-state index in [1.54, 1.807) is 13.2 Å². The maximum Gasteiger partial charge on any atom is 0.261 e. The SMILES string of the molecule is COc1ccc(C(NC(=O)Cn2cnc3c(C)cccc3c2=O)C(C)C)cc1. The Morgan fingerprint density at radius 2 is 1.89 bits per heavy atom. The second kappa shape index (κ2) is 8.25. The minimum Gasteiger partial charge on any atom is -0.497 e. The number of aromatic nitrogens is 2. The molecule has 1 N–H and O–H groups in total. The monoisotopic (exact) mass is 379 g/mol. The molecule has 0 fully saturated rings. The van der Waals surface area contributed by atoms with Gasteiger partial charge in [0.15, 0.2) is 0 Å². The predicted molar refractivity (Wildman–Crippen MR) is 109 cm³/mol. The number of hydrogen-bond acceptors (Lipinski definition) is 4. The lowest BCUT2D eigenvalue weighted by Crippen LogP contribution is -2.36. The van der Waals surface area contributed by atoms with E-state index in [9.17, 15) is 9.59 Å². The Morgan fingerprint density at radius 3 is 2.54 bits per heavy atom. The molecule has 3 rings (SSSR count). The molecule has 1 atom stereocenters. The predicted octanol–water partition coefficient (Wildman–Crippen LogP) is 3.23. The number of fused-ring (bicyclic) bond motifs is 1. The van der Waals surface area contributed by atoms with Gasteiger partial charge in [-0.2, -0.15) is 0 Å².